The average Bonchev–Trinajstić information content (AvgIpc) is 3.32. The van der Waals surface area contributed by atoms with Crippen molar-refractivity contribution in [2.45, 2.75) is 235 Å². The van der Waals surface area contributed by atoms with E-state index in [9.17, 15) is 40.5 Å². The van der Waals surface area contributed by atoms with E-state index < -0.39 is 86.7 Å². The lowest BCUT2D eigenvalue weighted by Crippen LogP contribution is -2.61. The second-order valence-corrected chi connectivity index (χ2v) is 18.0. The van der Waals surface area contributed by atoms with Crippen LogP contribution in [0.15, 0.2) is 60.8 Å². The molecule has 0 aromatic rings. The zero-order chi connectivity index (χ0) is 48.7. The lowest BCUT2D eigenvalue weighted by atomic mass is 9.98. The molecule has 2 aliphatic rings. The van der Waals surface area contributed by atoms with Crippen LogP contribution in [0, 0.1) is 0 Å². The van der Waals surface area contributed by atoms with Crippen LogP contribution in [0.1, 0.15) is 168 Å². The summed E-state index contributed by atoms with van der Waals surface area (Å²) in [6.45, 7) is 3.47. The van der Waals surface area contributed by atoms with Crippen LogP contribution in [0.25, 0.3) is 0 Å². The SMILES string of the molecule is CC/C=C\C/C=C\C/C=C\C/C=C\CCCCCOCC(COC1OC(COC2OC(CO)C(O)C(O)C2O)C(O)C(O)C1O)OC(=O)CCCCCCCCC/C=C\CCCCCCCC. The van der Waals surface area contributed by atoms with E-state index in [1.54, 1.807) is 0 Å². The number of unbranched alkanes of at least 4 members (excludes halogenated alkanes) is 16. The Morgan fingerprint density at radius 3 is 1.54 bits per heavy atom. The molecule has 2 fully saturated rings. The third-order valence-corrected chi connectivity index (χ3v) is 12.0. The molecule has 0 spiro atoms. The minimum Gasteiger partial charge on any atom is -0.457 e. The minimum absolute atomic E-state index is 0.0362. The smallest absolute Gasteiger partial charge is 0.306 e. The van der Waals surface area contributed by atoms with Crippen LogP contribution >= 0.6 is 0 Å². The summed E-state index contributed by atoms with van der Waals surface area (Å²) in [5, 5.41) is 72.1. The maximum absolute atomic E-state index is 13.0. The molecule has 11 atom stereocenters. The Bertz CT molecular complexity index is 1340. The van der Waals surface area contributed by atoms with E-state index in [1.807, 2.05) is 0 Å². The van der Waals surface area contributed by atoms with Crippen LogP contribution in [-0.2, 0) is 33.2 Å². The fraction of sp³-hybridized carbons (Fsp3) is 0.792. The first-order valence-corrected chi connectivity index (χ1v) is 25.9. The Kier molecular flexibility index (Phi) is 36.7. The molecule has 14 heteroatoms. The molecule has 0 radical (unpaired) electrons. The molecule has 14 nitrogen and oxygen atoms in total. The number of hydrogen-bond donors (Lipinski definition) is 7. The summed E-state index contributed by atoms with van der Waals surface area (Å²) in [4.78, 5) is 13.0. The van der Waals surface area contributed by atoms with Crippen LogP contribution < -0.4 is 0 Å². The molecule has 2 saturated heterocycles. The maximum atomic E-state index is 13.0. The van der Waals surface area contributed by atoms with Crippen LogP contribution in [0.2, 0.25) is 0 Å². The van der Waals surface area contributed by atoms with Gasteiger partial charge in [0, 0.05) is 13.0 Å². The van der Waals surface area contributed by atoms with Gasteiger partial charge in [0.05, 0.1) is 26.4 Å². The van der Waals surface area contributed by atoms with Crippen molar-refractivity contribution in [1.29, 1.82) is 0 Å². The van der Waals surface area contributed by atoms with Gasteiger partial charge in [0.25, 0.3) is 0 Å². The molecule has 0 amide bonds. The van der Waals surface area contributed by atoms with Gasteiger partial charge < -0.3 is 64.2 Å². The Labute approximate surface area is 403 Å². The Hall–Kier alpha value is -2.31. The summed E-state index contributed by atoms with van der Waals surface area (Å²) in [5.74, 6) is -0.394. The fourth-order valence-corrected chi connectivity index (χ4v) is 7.80. The van der Waals surface area contributed by atoms with Crippen molar-refractivity contribution in [2.75, 3.05) is 33.0 Å². The van der Waals surface area contributed by atoms with Gasteiger partial charge in [0.15, 0.2) is 12.6 Å². The summed E-state index contributed by atoms with van der Waals surface area (Å²) in [6.07, 6.45) is 31.4. The lowest BCUT2D eigenvalue weighted by Gasteiger charge is -2.42. The summed E-state index contributed by atoms with van der Waals surface area (Å²) in [7, 11) is 0. The van der Waals surface area contributed by atoms with E-state index in [1.165, 1.54) is 64.2 Å². The van der Waals surface area contributed by atoms with Crippen LogP contribution in [0.3, 0.4) is 0 Å². The van der Waals surface area contributed by atoms with Crippen LogP contribution in [-0.4, -0.2) is 142 Å². The maximum Gasteiger partial charge on any atom is 0.306 e. The normalized spacial score (nSPS) is 26.6. The number of allylic oxidation sites excluding steroid dienone is 10. The molecule has 0 aromatic heterocycles. The lowest BCUT2D eigenvalue weighted by molar-refractivity contribution is -0.332. The summed E-state index contributed by atoms with van der Waals surface area (Å²) < 4.78 is 34.2. The van der Waals surface area contributed by atoms with Crippen molar-refractivity contribution >= 4 is 5.97 Å². The molecule has 0 aromatic carbocycles. The van der Waals surface area contributed by atoms with Gasteiger partial charge in [-0.2, -0.15) is 0 Å². The van der Waals surface area contributed by atoms with Gasteiger partial charge >= 0.3 is 5.97 Å². The first-order valence-electron chi connectivity index (χ1n) is 25.9. The third kappa shape index (κ3) is 28.2. The van der Waals surface area contributed by atoms with Gasteiger partial charge in [-0.1, -0.05) is 145 Å². The van der Waals surface area contributed by atoms with Gasteiger partial charge in [-0.25, -0.2) is 0 Å². The highest BCUT2D eigenvalue weighted by molar-refractivity contribution is 5.69. The second kappa shape index (κ2) is 40.4. The predicted octanol–water partition coefficient (Wildman–Crippen LogP) is 7.74. The zero-order valence-corrected chi connectivity index (χ0v) is 41.1. The molecular formula is C53H92O14. The molecule has 388 valence electrons. The predicted molar refractivity (Wildman–Crippen MR) is 261 cm³/mol. The summed E-state index contributed by atoms with van der Waals surface area (Å²) in [5.41, 5.74) is 0. The molecule has 2 heterocycles. The topological polar surface area (TPSA) is 214 Å². The first kappa shape index (κ1) is 60.8. The fourth-order valence-electron chi connectivity index (χ4n) is 7.80. The number of esters is 1. The molecule has 2 rings (SSSR count). The largest absolute Gasteiger partial charge is 0.457 e. The van der Waals surface area contributed by atoms with E-state index in [0.29, 0.717) is 13.0 Å². The Morgan fingerprint density at radius 1 is 0.507 bits per heavy atom. The van der Waals surface area contributed by atoms with Gasteiger partial charge in [-0.15, -0.1) is 0 Å². The average molecular weight is 953 g/mol. The Morgan fingerprint density at radius 2 is 0.970 bits per heavy atom. The van der Waals surface area contributed by atoms with Gasteiger partial charge in [0.2, 0.25) is 0 Å². The Balaban J connectivity index is 1.79. The van der Waals surface area contributed by atoms with Crippen molar-refractivity contribution in [2.24, 2.45) is 0 Å². The molecule has 2 aliphatic heterocycles. The van der Waals surface area contributed by atoms with Crippen LogP contribution in [0.5, 0.6) is 0 Å². The zero-order valence-electron chi connectivity index (χ0n) is 41.1. The van der Waals surface area contributed by atoms with E-state index in [-0.39, 0.29) is 19.6 Å². The molecule has 0 aliphatic carbocycles. The number of carbonyl (C=O) groups excluding carboxylic acids is 1. The number of aliphatic hydroxyl groups is 7. The highest BCUT2D eigenvalue weighted by Gasteiger charge is 2.47. The monoisotopic (exact) mass is 953 g/mol. The third-order valence-electron chi connectivity index (χ3n) is 12.0. The van der Waals surface area contributed by atoms with E-state index in [2.05, 4.69) is 74.6 Å². The molecule has 11 unspecified atom stereocenters. The first-order chi connectivity index (χ1) is 32.6. The van der Waals surface area contributed by atoms with E-state index in [4.69, 9.17) is 28.4 Å². The molecule has 7 N–H and O–H groups in total. The van der Waals surface area contributed by atoms with Gasteiger partial charge in [0.1, 0.15) is 54.9 Å². The van der Waals surface area contributed by atoms with Gasteiger partial charge in [-0.05, 0) is 77.0 Å². The van der Waals surface area contributed by atoms with Crippen molar-refractivity contribution < 1.29 is 69.0 Å². The van der Waals surface area contributed by atoms with Crippen molar-refractivity contribution in [3.63, 3.8) is 0 Å². The number of ether oxygens (including phenoxy) is 6. The highest BCUT2D eigenvalue weighted by atomic mass is 16.7. The van der Waals surface area contributed by atoms with Crippen LogP contribution in [0.4, 0.5) is 0 Å². The van der Waals surface area contributed by atoms with E-state index in [0.717, 1.165) is 77.0 Å². The van der Waals surface area contributed by atoms with Gasteiger partial charge in [-0.3, -0.25) is 4.79 Å². The van der Waals surface area contributed by atoms with Crippen molar-refractivity contribution in [1.82, 2.24) is 0 Å². The molecule has 67 heavy (non-hydrogen) atoms. The summed E-state index contributed by atoms with van der Waals surface area (Å²) in [6, 6.07) is 0. The summed E-state index contributed by atoms with van der Waals surface area (Å²) >= 11 is 0. The molecule has 0 bridgehead atoms. The van der Waals surface area contributed by atoms with Crippen molar-refractivity contribution in [3.05, 3.63) is 60.8 Å². The second-order valence-electron chi connectivity index (χ2n) is 18.0. The van der Waals surface area contributed by atoms with E-state index >= 15 is 0 Å². The molecular weight excluding hydrogens is 861 g/mol. The minimum atomic E-state index is -1.72. The van der Waals surface area contributed by atoms with Crippen molar-refractivity contribution in [3.8, 4) is 0 Å². The number of hydrogen-bond acceptors (Lipinski definition) is 14. The standard InChI is InChI=1S/C53H92O14/c1-3-5-7-9-11-13-15-17-19-21-22-24-26-28-30-32-34-36-45(55)65-42(39-62-37-35-33-31-29-27-25-23-20-18-16-14-12-10-8-6-4-2)40-63-52-51(61)49(59)47(57)44(67-52)41-64-53-50(60)48(58)46(56)43(38-54)66-53/h6,8,12,14,17-20,25,27,42-44,46-54,56-61H,3-5,7,9-11,13,15-16,21-24,26,28-41H2,1-2H3/b8-6-,14-12-,19-17-,20-18-,27-25-. The number of carbonyl (C=O) groups is 1. The highest BCUT2D eigenvalue weighted by Crippen LogP contribution is 2.26. The number of rotatable bonds is 40. The molecule has 0 saturated carbocycles. The number of aliphatic hydroxyl groups excluding tert-OH is 7. The quantitative estimate of drug-likeness (QED) is 0.0178.